The number of hydrogen-bond acceptors (Lipinski definition) is 0. The molecule has 0 bridgehead atoms. The summed E-state index contributed by atoms with van der Waals surface area (Å²) in [5.41, 5.74) is 6.43. The van der Waals surface area contributed by atoms with E-state index in [2.05, 4.69) is 109 Å². The van der Waals surface area contributed by atoms with Crippen molar-refractivity contribution in [2.45, 2.75) is 31.6 Å². The molecular weight excluding hydrogens is 413 g/mol. The van der Waals surface area contributed by atoms with Crippen LogP contribution in [0.15, 0.2) is 97.1 Å². The average molecular weight is 439 g/mol. The van der Waals surface area contributed by atoms with Gasteiger partial charge in [0.15, 0.2) is 5.71 Å². The molecule has 3 aromatic carbocycles. The van der Waals surface area contributed by atoms with Gasteiger partial charge in [0.05, 0.1) is 0 Å². The van der Waals surface area contributed by atoms with E-state index in [0.29, 0.717) is 0 Å². The highest BCUT2D eigenvalue weighted by atomic mass is 19.5. The maximum atomic E-state index is 9.75. The van der Waals surface area contributed by atoms with Gasteiger partial charge in [0.1, 0.15) is 0 Å². The third-order valence-electron chi connectivity index (χ3n) is 5.45. The lowest BCUT2D eigenvalue weighted by Crippen LogP contribution is -2.73. The van der Waals surface area contributed by atoms with Crippen molar-refractivity contribution in [3.05, 3.63) is 114 Å². The molecule has 1 heterocycles. The average Bonchev–Trinajstić information content (AvgIpc) is 2.80. The number of hydrogen-bond donors (Lipinski definition) is 1. The summed E-state index contributed by atoms with van der Waals surface area (Å²) in [7, 11) is -6.00. The minimum atomic E-state index is -6.00. The first-order valence-corrected chi connectivity index (χ1v) is 10.7. The van der Waals surface area contributed by atoms with E-state index in [4.69, 9.17) is 0 Å². The molecule has 1 unspecified atom stereocenters. The van der Waals surface area contributed by atoms with Crippen LogP contribution in [0.1, 0.15) is 42.9 Å². The van der Waals surface area contributed by atoms with Crippen LogP contribution in [0.4, 0.5) is 17.3 Å². The second-order valence-electron chi connectivity index (χ2n) is 7.84. The molecule has 1 N–H and O–H groups in total. The lowest BCUT2D eigenvalue weighted by molar-refractivity contribution is -0.348. The van der Waals surface area contributed by atoms with Gasteiger partial charge >= 0.3 is 7.25 Å². The number of halogens is 4. The van der Waals surface area contributed by atoms with E-state index in [9.17, 15) is 17.3 Å². The zero-order chi connectivity index (χ0) is 23.0. The van der Waals surface area contributed by atoms with Crippen molar-refractivity contribution >= 4 is 18.7 Å². The van der Waals surface area contributed by atoms with Gasteiger partial charge in [-0.2, -0.15) is 0 Å². The molecule has 0 aliphatic carbocycles. The largest absolute Gasteiger partial charge is 0.673 e. The van der Waals surface area contributed by atoms with Gasteiger partial charge in [-0.1, -0.05) is 80.1 Å². The summed E-state index contributed by atoms with van der Waals surface area (Å²) in [5, 5.41) is 0. The van der Waals surface area contributed by atoms with Crippen LogP contribution in [-0.4, -0.2) is 13.0 Å². The monoisotopic (exact) mass is 439 g/mol. The van der Waals surface area contributed by atoms with E-state index < -0.39 is 7.25 Å². The summed E-state index contributed by atoms with van der Waals surface area (Å²) in [6, 6.07) is 32.4. The number of rotatable bonds is 5. The van der Waals surface area contributed by atoms with Gasteiger partial charge in [0.25, 0.3) is 0 Å². The van der Waals surface area contributed by atoms with Gasteiger partial charge in [-0.25, -0.2) is 4.99 Å². The van der Waals surface area contributed by atoms with Crippen LogP contribution < -0.4 is 4.99 Å². The van der Waals surface area contributed by atoms with Gasteiger partial charge in [-0.15, -0.1) is 0 Å². The minimum absolute atomic E-state index is 0.0115. The fourth-order valence-electron chi connectivity index (χ4n) is 4.18. The van der Waals surface area contributed by atoms with Crippen LogP contribution in [0.2, 0.25) is 0 Å². The van der Waals surface area contributed by atoms with Crippen LogP contribution in [-0.2, 0) is 5.41 Å². The Morgan fingerprint density at radius 1 is 0.750 bits per heavy atom. The summed E-state index contributed by atoms with van der Waals surface area (Å²) in [5.74, 6) is 0. The van der Waals surface area contributed by atoms with E-state index in [-0.39, 0.29) is 5.41 Å². The van der Waals surface area contributed by atoms with E-state index in [1.165, 1.54) is 28.1 Å². The molecule has 1 nitrogen and oxygen atoms in total. The molecule has 0 aromatic heterocycles. The molecule has 32 heavy (non-hydrogen) atoms. The fraction of sp³-hybridized carbons (Fsp3) is 0.192. The predicted octanol–water partition coefficient (Wildman–Crippen LogP) is 6.04. The summed E-state index contributed by atoms with van der Waals surface area (Å²) in [6.45, 7) is 2.28. The van der Waals surface area contributed by atoms with Crippen molar-refractivity contribution in [2.75, 3.05) is 0 Å². The Labute approximate surface area is 186 Å². The van der Waals surface area contributed by atoms with Gasteiger partial charge in [-0.3, -0.25) is 0 Å². The second kappa shape index (κ2) is 10.4. The molecule has 4 rings (SSSR count). The van der Waals surface area contributed by atoms with Crippen molar-refractivity contribution in [3.8, 4) is 0 Å². The first-order valence-electron chi connectivity index (χ1n) is 10.7. The van der Waals surface area contributed by atoms with E-state index in [1.54, 1.807) is 0 Å². The van der Waals surface area contributed by atoms with Crippen LogP contribution in [0.3, 0.4) is 0 Å². The molecule has 0 amide bonds. The molecule has 0 saturated carbocycles. The van der Waals surface area contributed by atoms with Crippen molar-refractivity contribution in [1.29, 1.82) is 0 Å². The topological polar surface area (TPSA) is 14.0 Å². The summed E-state index contributed by atoms with van der Waals surface area (Å²) in [6.07, 6.45) is 5.74. The smallest absolute Gasteiger partial charge is 0.418 e. The maximum absolute atomic E-state index is 9.75. The number of benzene rings is 3. The van der Waals surface area contributed by atoms with Crippen molar-refractivity contribution in [1.82, 2.24) is 0 Å². The zero-order valence-electron chi connectivity index (χ0n) is 17.9. The molecule has 0 spiro atoms. The number of nitrogens with one attached hydrogen (secondary N) is 1. The van der Waals surface area contributed by atoms with Crippen LogP contribution in [0.5, 0.6) is 0 Å². The third kappa shape index (κ3) is 6.43. The first kappa shape index (κ1) is 23.5. The predicted molar refractivity (Wildman–Crippen MR) is 124 cm³/mol. The van der Waals surface area contributed by atoms with Crippen LogP contribution in [0.25, 0.3) is 5.70 Å². The normalized spacial score (nSPS) is 18.2. The van der Waals surface area contributed by atoms with E-state index in [0.717, 1.165) is 19.3 Å². The highest BCUT2D eigenvalue weighted by Crippen LogP contribution is 2.38. The SMILES string of the molecule is CCCC1(c2ccccc2)C=C(c2ccccc2)[NH+]=C(c2ccccc2)C1.F[B-](F)(F)F. The minimum Gasteiger partial charge on any atom is -0.418 e. The standard InChI is InChI=1S/C26H25N.BF4/c1-2-18-26(23-16-10-5-11-17-23)19-24(21-12-6-3-7-13-21)27-25(20-26)22-14-8-4-9-15-22;2-1(3,4)5/h3-17,19H,2,18,20H2,1H3;/q;-1/p+1. The third-order valence-corrected chi connectivity index (χ3v) is 5.45. The van der Waals surface area contributed by atoms with Crippen molar-refractivity contribution in [3.63, 3.8) is 0 Å². The molecular formula is C26H26BF4N. The molecule has 1 aliphatic heterocycles. The van der Waals surface area contributed by atoms with E-state index in [1.807, 2.05) is 0 Å². The van der Waals surface area contributed by atoms with E-state index >= 15 is 0 Å². The Hall–Kier alpha value is -3.15. The highest BCUT2D eigenvalue weighted by Gasteiger charge is 2.38. The Balaban J connectivity index is 0.000000523. The Kier molecular flexibility index (Phi) is 7.68. The fourth-order valence-corrected chi connectivity index (χ4v) is 4.18. The molecule has 0 fully saturated rings. The molecule has 6 heteroatoms. The summed E-state index contributed by atoms with van der Waals surface area (Å²) < 4.78 is 39.0. The number of allylic oxidation sites excluding steroid dienone is 1. The molecule has 166 valence electrons. The Bertz CT molecular complexity index is 1040. The lowest BCUT2D eigenvalue weighted by Gasteiger charge is -2.32. The van der Waals surface area contributed by atoms with Crippen molar-refractivity contribution in [2.24, 2.45) is 0 Å². The van der Waals surface area contributed by atoms with Crippen LogP contribution in [0, 0.1) is 0 Å². The van der Waals surface area contributed by atoms with Gasteiger partial charge in [-0.05, 0) is 42.3 Å². The van der Waals surface area contributed by atoms with Crippen LogP contribution >= 0.6 is 0 Å². The van der Waals surface area contributed by atoms with Gasteiger partial charge in [0.2, 0.25) is 5.70 Å². The molecule has 0 radical (unpaired) electrons. The van der Waals surface area contributed by atoms with Crippen molar-refractivity contribution < 1.29 is 22.3 Å². The molecule has 1 atom stereocenters. The van der Waals surface area contributed by atoms with Gasteiger partial charge in [0, 0.05) is 23.0 Å². The quantitative estimate of drug-likeness (QED) is 0.368. The second-order valence-corrected chi connectivity index (χ2v) is 7.84. The maximum Gasteiger partial charge on any atom is 0.673 e. The summed E-state index contributed by atoms with van der Waals surface area (Å²) >= 11 is 0. The Morgan fingerprint density at radius 3 is 1.72 bits per heavy atom. The first-order chi connectivity index (χ1) is 15.3. The zero-order valence-corrected chi connectivity index (χ0v) is 17.9. The highest BCUT2D eigenvalue weighted by molar-refractivity contribution is 6.50. The van der Waals surface area contributed by atoms with Gasteiger partial charge < -0.3 is 17.3 Å². The molecule has 1 aliphatic rings. The summed E-state index contributed by atoms with van der Waals surface area (Å²) in [4.78, 5) is 3.75. The lowest BCUT2D eigenvalue weighted by atomic mass is 9.70. The molecule has 0 saturated heterocycles. The Morgan fingerprint density at radius 2 is 1.22 bits per heavy atom. The molecule has 3 aromatic rings.